The van der Waals surface area contributed by atoms with E-state index in [-0.39, 0.29) is 17.1 Å². The highest BCUT2D eigenvalue weighted by molar-refractivity contribution is 6.49. The van der Waals surface area contributed by atoms with Crippen molar-refractivity contribution in [2.24, 2.45) is 5.16 Å². The lowest BCUT2D eigenvalue weighted by Crippen LogP contribution is -2.33. The number of carboxylic acid groups (broad SMARTS) is 1. The van der Waals surface area contributed by atoms with Gasteiger partial charge in [0.1, 0.15) is 0 Å². The van der Waals surface area contributed by atoms with E-state index in [1.54, 1.807) is 26.0 Å². The van der Waals surface area contributed by atoms with Crippen molar-refractivity contribution in [3.63, 3.8) is 0 Å². The first-order valence-electron chi connectivity index (χ1n) is 5.06. The molecule has 5 heteroatoms. The minimum Gasteiger partial charge on any atom is -0.478 e. The first-order chi connectivity index (χ1) is 7.92. The highest BCUT2D eigenvalue weighted by Gasteiger charge is 2.40. The Balaban J connectivity index is 2.31. The van der Waals surface area contributed by atoms with Crippen molar-refractivity contribution in [2.75, 3.05) is 0 Å². The molecule has 0 aliphatic carbocycles. The second kappa shape index (κ2) is 3.69. The number of carboxylic acids is 1. The maximum absolute atomic E-state index is 11.9. The number of benzene rings is 1. The molecule has 0 atom stereocenters. The van der Waals surface area contributed by atoms with E-state index in [4.69, 9.17) is 9.94 Å². The number of carbonyl (C=O) groups excluding carboxylic acids is 1. The van der Waals surface area contributed by atoms with Gasteiger partial charge in [-0.2, -0.15) is 0 Å². The second-order valence-electron chi connectivity index (χ2n) is 4.25. The highest BCUT2D eigenvalue weighted by atomic mass is 16.7. The lowest BCUT2D eigenvalue weighted by atomic mass is 9.96. The van der Waals surface area contributed by atoms with E-state index >= 15 is 0 Å². The standard InChI is InChI=1S/C12H11NO4/c1-12(2)10(14)9(13-17-12)7-3-5-8(6-4-7)11(15)16/h3-6H,1-2H3,(H,15,16). The average Bonchev–Trinajstić information content (AvgIpc) is 2.55. The quantitative estimate of drug-likeness (QED) is 0.839. The van der Waals surface area contributed by atoms with Crippen LogP contribution in [0.3, 0.4) is 0 Å². The Morgan fingerprint density at radius 2 is 1.88 bits per heavy atom. The third-order valence-corrected chi connectivity index (χ3v) is 2.53. The summed E-state index contributed by atoms with van der Waals surface area (Å²) in [4.78, 5) is 27.6. The molecule has 0 amide bonds. The van der Waals surface area contributed by atoms with E-state index in [0.717, 1.165) is 0 Å². The molecule has 2 rings (SSSR count). The first-order valence-corrected chi connectivity index (χ1v) is 5.06. The molecule has 88 valence electrons. The largest absolute Gasteiger partial charge is 0.478 e. The maximum Gasteiger partial charge on any atom is 0.335 e. The summed E-state index contributed by atoms with van der Waals surface area (Å²) in [5.41, 5.74) is 0.0124. The van der Waals surface area contributed by atoms with Gasteiger partial charge in [-0.05, 0) is 26.0 Å². The number of aromatic carboxylic acids is 1. The van der Waals surface area contributed by atoms with Crippen molar-refractivity contribution >= 4 is 17.5 Å². The minimum atomic E-state index is -1.01. The van der Waals surface area contributed by atoms with Gasteiger partial charge in [0.2, 0.25) is 5.78 Å². The van der Waals surface area contributed by atoms with Gasteiger partial charge in [-0.25, -0.2) is 4.79 Å². The van der Waals surface area contributed by atoms with E-state index in [1.807, 2.05) is 0 Å². The Hall–Kier alpha value is -2.17. The summed E-state index contributed by atoms with van der Waals surface area (Å²) in [5.74, 6) is -1.21. The Morgan fingerprint density at radius 1 is 1.29 bits per heavy atom. The SMILES string of the molecule is CC1(C)ON=C(c2ccc(C(=O)O)cc2)C1=O. The van der Waals surface area contributed by atoms with Gasteiger partial charge in [0.25, 0.3) is 0 Å². The molecule has 5 nitrogen and oxygen atoms in total. The van der Waals surface area contributed by atoms with Gasteiger partial charge in [0, 0.05) is 5.56 Å². The van der Waals surface area contributed by atoms with Crippen molar-refractivity contribution in [1.82, 2.24) is 0 Å². The zero-order valence-corrected chi connectivity index (χ0v) is 9.43. The molecular weight excluding hydrogens is 222 g/mol. The lowest BCUT2D eigenvalue weighted by molar-refractivity contribution is -0.128. The van der Waals surface area contributed by atoms with Crippen molar-refractivity contribution in [1.29, 1.82) is 0 Å². The molecule has 17 heavy (non-hydrogen) atoms. The van der Waals surface area contributed by atoms with Crippen LogP contribution >= 0.6 is 0 Å². The van der Waals surface area contributed by atoms with Gasteiger partial charge in [0.15, 0.2) is 11.3 Å². The predicted octanol–water partition coefficient (Wildman–Crippen LogP) is 1.47. The molecule has 0 aromatic heterocycles. The Morgan fingerprint density at radius 3 is 2.29 bits per heavy atom. The van der Waals surface area contributed by atoms with Crippen molar-refractivity contribution < 1.29 is 19.5 Å². The Bertz CT molecular complexity index is 514. The van der Waals surface area contributed by atoms with E-state index in [9.17, 15) is 9.59 Å². The number of carbonyl (C=O) groups is 2. The van der Waals surface area contributed by atoms with Gasteiger partial charge in [-0.1, -0.05) is 17.3 Å². The molecule has 1 aliphatic rings. The number of hydrogen-bond acceptors (Lipinski definition) is 4. The Labute approximate surface area is 97.7 Å². The van der Waals surface area contributed by atoms with Crippen LogP contribution in [0, 0.1) is 0 Å². The number of Topliss-reactive ketones (excluding diaryl/α,β-unsaturated/α-hetero) is 1. The molecule has 1 N–H and O–H groups in total. The Kier molecular flexibility index (Phi) is 2.46. The molecule has 1 aromatic carbocycles. The van der Waals surface area contributed by atoms with E-state index in [1.165, 1.54) is 12.1 Å². The molecule has 0 radical (unpaired) electrons. The summed E-state index contributed by atoms with van der Waals surface area (Å²) in [6.45, 7) is 3.27. The summed E-state index contributed by atoms with van der Waals surface area (Å²) in [6, 6.07) is 5.95. The van der Waals surface area contributed by atoms with E-state index in [2.05, 4.69) is 5.16 Å². The highest BCUT2D eigenvalue weighted by Crippen LogP contribution is 2.22. The summed E-state index contributed by atoms with van der Waals surface area (Å²) >= 11 is 0. The van der Waals surface area contributed by atoms with Crippen LogP contribution in [0.5, 0.6) is 0 Å². The third kappa shape index (κ3) is 1.91. The van der Waals surface area contributed by atoms with Crippen LogP contribution in [0.15, 0.2) is 29.4 Å². The monoisotopic (exact) mass is 233 g/mol. The predicted molar refractivity (Wildman–Crippen MR) is 60.1 cm³/mol. The van der Waals surface area contributed by atoms with Crippen LogP contribution in [0.2, 0.25) is 0 Å². The first kappa shape index (κ1) is 11.3. The molecule has 0 saturated heterocycles. The average molecular weight is 233 g/mol. The van der Waals surface area contributed by atoms with Gasteiger partial charge in [-0.15, -0.1) is 0 Å². The summed E-state index contributed by atoms with van der Waals surface area (Å²) < 4.78 is 0. The molecule has 0 saturated carbocycles. The van der Waals surface area contributed by atoms with Gasteiger partial charge in [0.05, 0.1) is 5.56 Å². The van der Waals surface area contributed by atoms with Crippen molar-refractivity contribution in [2.45, 2.75) is 19.4 Å². The van der Waals surface area contributed by atoms with Crippen LogP contribution < -0.4 is 0 Å². The molecule has 1 aliphatic heterocycles. The fourth-order valence-electron chi connectivity index (χ4n) is 1.48. The normalized spacial score (nSPS) is 17.5. The summed E-state index contributed by atoms with van der Waals surface area (Å²) in [5, 5.41) is 12.5. The molecule has 0 fully saturated rings. The zero-order chi connectivity index (χ0) is 12.6. The lowest BCUT2D eigenvalue weighted by Gasteiger charge is -2.11. The third-order valence-electron chi connectivity index (χ3n) is 2.53. The minimum absolute atomic E-state index is 0.167. The molecule has 0 bridgehead atoms. The number of nitrogens with zero attached hydrogens (tertiary/aromatic N) is 1. The molecule has 1 aromatic rings. The molecule has 1 heterocycles. The molecule has 0 spiro atoms. The van der Waals surface area contributed by atoms with Crippen LogP contribution in [0.4, 0.5) is 0 Å². The second-order valence-corrected chi connectivity index (χ2v) is 4.25. The summed E-state index contributed by atoms with van der Waals surface area (Å²) in [6.07, 6.45) is 0. The number of hydrogen-bond donors (Lipinski definition) is 1. The zero-order valence-electron chi connectivity index (χ0n) is 9.43. The van der Waals surface area contributed by atoms with Crippen LogP contribution in [-0.4, -0.2) is 28.2 Å². The molecule has 0 unspecified atom stereocenters. The number of oxime groups is 1. The number of ketones is 1. The maximum atomic E-state index is 11.9. The van der Waals surface area contributed by atoms with Gasteiger partial charge in [-0.3, -0.25) is 4.79 Å². The van der Waals surface area contributed by atoms with Crippen LogP contribution in [-0.2, 0) is 9.63 Å². The smallest absolute Gasteiger partial charge is 0.335 e. The fourth-order valence-corrected chi connectivity index (χ4v) is 1.48. The van der Waals surface area contributed by atoms with Crippen LogP contribution in [0.1, 0.15) is 29.8 Å². The van der Waals surface area contributed by atoms with Crippen molar-refractivity contribution in [3.8, 4) is 0 Å². The van der Waals surface area contributed by atoms with E-state index < -0.39 is 11.6 Å². The van der Waals surface area contributed by atoms with Crippen molar-refractivity contribution in [3.05, 3.63) is 35.4 Å². The fraction of sp³-hybridized carbons (Fsp3) is 0.250. The van der Waals surface area contributed by atoms with E-state index in [0.29, 0.717) is 5.56 Å². The van der Waals surface area contributed by atoms with Gasteiger partial charge < -0.3 is 9.94 Å². The topological polar surface area (TPSA) is 76.0 Å². The van der Waals surface area contributed by atoms with Crippen LogP contribution in [0.25, 0.3) is 0 Å². The molecular formula is C12H11NO4. The number of rotatable bonds is 2. The summed E-state index contributed by atoms with van der Waals surface area (Å²) in [7, 11) is 0. The van der Waals surface area contributed by atoms with Gasteiger partial charge >= 0.3 is 5.97 Å².